The smallest absolute Gasteiger partial charge is 0.252 e. The molecule has 6 nitrogen and oxygen atoms in total. The molecule has 0 bridgehead atoms. The van der Waals surface area contributed by atoms with Gasteiger partial charge >= 0.3 is 0 Å². The number of fused-ring (bicyclic) bond motifs is 4. The topological polar surface area (TPSA) is 60.5 Å². The zero-order chi connectivity index (χ0) is 71.7. The van der Waals surface area contributed by atoms with Gasteiger partial charge in [0.15, 0.2) is 0 Å². The van der Waals surface area contributed by atoms with E-state index in [-0.39, 0.29) is 16.4 Å². The van der Waals surface area contributed by atoms with Gasteiger partial charge in [-0.25, -0.2) is 0 Å². The maximum absolute atomic E-state index is 11.2. The van der Waals surface area contributed by atoms with Crippen molar-refractivity contribution >= 4 is 91.3 Å². The molecule has 13 aromatic rings. The van der Waals surface area contributed by atoms with Crippen LogP contribution in [0.4, 0.5) is 68.2 Å². The summed E-state index contributed by atoms with van der Waals surface area (Å²) in [5, 5.41) is 22.1. The van der Waals surface area contributed by atoms with Crippen molar-refractivity contribution in [3.63, 3.8) is 0 Å². The third-order valence-corrected chi connectivity index (χ3v) is 19.8. The van der Waals surface area contributed by atoms with Crippen molar-refractivity contribution in [2.24, 2.45) is 0 Å². The van der Waals surface area contributed by atoms with Gasteiger partial charge in [-0.2, -0.15) is 10.5 Å². The zero-order valence-corrected chi connectivity index (χ0v) is 58.1. The molecule has 7 heteroatoms. The Morgan fingerprint density at radius 1 is 0.340 bits per heavy atom. The highest BCUT2D eigenvalue weighted by Crippen LogP contribution is 2.54. The molecule has 484 valence electrons. The normalized spacial score (nSPS) is 13.0. The minimum absolute atomic E-state index is 0.180. The third kappa shape index (κ3) is 11.7. The van der Waals surface area contributed by atoms with Crippen LogP contribution in [0, 0.1) is 29.5 Å². The number of aryl methyl sites for hydroxylation is 1. The summed E-state index contributed by atoms with van der Waals surface area (Å²) in [6.07, 6.45) is 0. The summed E-state index contributed by atoms with van der Waals surface area (Å²) >= 11 is 0. The highest BCUT2D eigenvalue weighted by Gasteiger charge is 2.45. The Bertz CT molecular complexity index is 5400. The summed E-state index contributed by atoms with van der Waals surface area (Å²) in [7, 11) is 0. The fourth-order valence-electron chi connectivity index (χ4n) is 14.8. The molecule has 0 unspecified atom stereocenters. The quantitative estimate of drug-likeness (QED) is 0.114. The lowest BCUT2D eigenvalue weighted by Crippen LogP contribution is -2.61. The summed E-state index contributed by atoms with van der Waals surface area (Å²) in [5.74, 6) is 0. The van der Waals surface area contributed by atoms with Crippen LogP contribution < -0.4 is 36.0 Å². The summed E-state index contributed by atoms with van der Waals surface area (Å²) < 4.78 is 29.1. The Kier molecular flexibility index (Phi) is 15.4. The number of rotatable bonds is 12. The van der Waals surface area contributed by atoms with E-state index in [1.165, 1.54) is 0 Å². The average molecular weight is 1290 g/mol. The number of hydrogen-bond donors (Lipinski definition) is 0. The Labute approximate surface area is 594 Å². The molecule has 0 aromatic heterocycles. The Hall–Kier alpha value is -11.9. The SMILES string of the molecule is [2H]C([2H])([2H])c1cc2c3c(c1)N(c1ccc(C(C)(C)C)cc1-c1ccccc1)c1cc(-c4cc(C#N)cc(C(C)(C)C)c4N(c4ccccc4)c4ccccc4)ccc1B3c1ccc(-c3cc(C#N)ccc3N(c3ccccc3)c3ccccc3)cc1N2c1ccc(C(C)(C)C)cc1-c1ccccc1. The lowest BCUT2D eigenvalue weighted by molar-refractivity contribution is 0.590. The summed E-state index contributed by atoms with van der Waals surface area (Å²) in [5.41, 5.74) is 24.4. The fraction of sp³-hybridized carbons (Fsp3) is 0.140. The highest BCUT2D eigenvalue weighted by molar-refractivity contribution is 7.00. The second-order valence-electron chi connectivity index (χ2n) is 29.4. The summed E-state index contributed by atoms with van der Waals surface area (Å²) in [4.78, 5) is 9.27. The number of para-hydroxylation sites is 4. The first-order valence-corrected chi connectivity index (χ1v) is 34.5. The minimum Gasteiger partial charge on any atom is -0.311 e. The molecule has 0 spiro atoms. The van der Waals surface area contributed by atoms with Crippen molar-refractivity contribution in [3.05, 3.63) is 331 Å². The van der Waals surface area contributed by atoms with Crippen LogP contribution in [0.2, 0.25) is 0 Å². The van der Waals surface area contributed by atoms with Crippen LogP contribution in [-0.2, 0) is 16.2 Å². The Morgan fingerprint density at radius 2 is 0.750 bits per heavy atom. The van der Waals surface area contributed by atoms with Crippen molar-refractivity contribution in [2.45, 2.75) is 85.4 Å². The van der Waals surface area contributed by atoms with Crippen molar-refractivity contribution in [1.82, 2.24) is 0 Å². The lowest BCUT2D eigenvalue weighted by Gasteiger charge is -2.45. The zero-order valence-electron chi connectivity index (χ0n) is 61.1. The summed E-state index contributed by atoms with van der Waals surface area (Å²) in [6.45, 7) is 17.0. The molecule has 0 atom stereocenters. The summed E-state index contributed by atoms with van der Waals surface area (Å²) in [6, 6.07) is 109. The van der Waals surface area contributed by atoms with Gasteiger partial charge in [0.05, 0.1) is 46.0 Å². The molecule has 15 rings (SSSR count). The average Bonchev–Trinajstić information content (AvgIpc) is 0.690. The first-order chi connectivity index (χ1) is 49.5. The molecule has 2 heterocycles. The molecular weight excluding hydrogens is 1210 g/mol. The van der Waals surface area contributed by atoms with Crippen LogP contribution in [0.1, 0.15) is 99.8 Å². The number of anilines is 12. The van der Waals surface area contributed by atoms with E-state index in [4.69, 9.17) is 0 Å². The molecule has 0 amide bonds. The molecule has 0 fully saturated rings. The standard InChI is InChI=1S/C93H79BN6/c1-62-51-87-89-88(52-62)100(84-50-45-70(92(5,6)7)59-77(84)66-31-19-12-20-32-66)86-57-68(78-54-64(61-96)55-79(93(8,9)10)90(78)98(73-37-25-15-26-38-73)74-39-27-16-28-40-74)43-47-81(86)94(89)80-46-42-67(56-85(80)99(87)83-49-44-69(91(2,3)4)58-76(83)65-29-17-11-18-30-65)75-53-63(60-95)41-48-82(75)97(71-33-21-13-22-34-71)72-35-23-14-24-36-72/h11-59H,1-10H3/i1D3. The van der Waals surface area contributed by atoms with Crippen LogP contribution >= 0.6 is 0 Å². The lowest BCUT2D eigenvalue weighted by atomic mass is 9.33. The predicted molar refractivity (Wildman–Crippen MR) is 422 cm³/mol. The van der Waals surface area contributed by atoms with Gasteiger partial charge in [-0.15, -0.1) is 0 Å². The number of benzene rings is 13. The maximum Gasteiger partial charge on any atom is 0.252 e. The van der Waals surface area contributed by atoms with E-state index < -0.39 is 19.0 Å². The van der Waals surface area contributed by atoms with Gasteiger partial charge in [0.1, 0.15) is 0 Å². The second-order valence-corrected chi connectivity index (χ2v) is 29.4. The molecule has 0 radical (unpaired) electrons. The molecule has 100 heavy (non-hydrogen) atoms. The van der Waals surface area contributed by atoms with E-state index in [0.717, 1.165) is 146 Å². The van der Waals surface area contributed by atoms with Crippen molar-refractivity contribution in [2.75, 3.05) is 19.6 Å². The second kappa shape index (κ2) is 25.5. The minimum atomic E-state index is -2.60. The Balaban J connectivity index is 1.09. The number of nitriles is 2. The van der Waals surface area contributed by atoms with Crippen LogP contribution in [0.15, 0.2) is 297 Å². The molecular formula is C93H79BN6. The van der Waals surface area contributed by atoms with Crippen molar-refractivity contribution < 1.29 is 4.11 Å². The van der Waals surface area contributed by atoms with E-state index in [1.807, 2.05) is 91.0 Å². The van der Waals surface area contributed by atoms with Gasteiger partial charge in [-0.3, -0.25) is 0 Å². The van der Waals surface area contributed by atoms with Crippen LogP contribution in [-0.4, -0.2) is 6.71 Å². The van der Waals surface area contributed by atoms with Gasteiger partial charge in [-0.1, -0.05) is 232 Å². The van der Waals surface area contributed by atoms with E-state index in [1.54, 1.807) is 0 Å². The molecule has 0 saturated carbocycles. The molecule has 0 aliphatic carbocycles. The predicted octanol–water partition coefficient (Wildman–Crippen LogP) is 23.3. The van der Waals surface area contributed by atoms with E-state index in [0.29, 0.717) is 11.1 Å². The van der Waals surface area contributed by atoms with Crippen molar-refractivity contribution in [3.8, 4) is 56.6 Å². The number of hydrogen-bond acceptors (Lipinski definition) is 6. The van der Waals surface area contributed by atoms with Crippen LogP contribution in [0.3, 0.4) is 0 Å². The highest BCUT2D eigenvalue weighted by atomic mass is 15.2. The molecule has 2 aliphatic heterocycles. The molecule has 2 aliphatic rings. The molecule has 13 aromatic carbocycles. The van der Waals surface area contributed by atoms with E-state index in [2.05, 4.69) is 300 Å². The fourth-order valence-corrected chi connectivity index (χ4v) is 14.8. The first-order valence-electron chi connectivity index (χ1n) is 36.0. The van der Waals surface area contributed by atoms with Gasteiger partial charge in [0, 0.05) is 71.9 Å². The van der Waals surface area contributed by atoms with E-state index >= 15 is 0 Å². The maximum atomic E-state index is 11.2. The molecule has 0 N–H and O–H groups in total. The first kappa shape index (κ1) is 60.5. The number of nitrogens with zero attached hydrogens (tertiary/aromatic N) is 6. The van der Waals surface area contributed by atoms with Crippen LogP contribution in [0.25, 0.3) is 44.5 Å². The monoisotopic (exact) mass is 1290 g/mol. The van der Waals surface area contributed by atoms with Crippen molar-refractivity contribution in [1.29, 1.82) is 10.5 Å². The van der Waals surface area contributed by atoms with E-state index in [9.17, 15) is 14.6 Å². The molecule has 0 saturated heterocycles. The van der Waals surface area contributed by atoms with Gasteiger partial charge < -0.3 is 19.6 Å². The Morgan fingerprint density at radius 3 is 1.16 bits per heavy atom. The van der Waals surface area contributed by atoms with Gasteiger partial charge in [0.2, 0.25) is 0 Å². The largest absolute Gasteiger partial charge is 0.311 e. The third-order valence-electron chi connectivity index (χ3n) is 19.8. The van der Waals surface area contributed by atoms with Gasteiger partial charge in [-0.05, 0) is 211 Å². The van der Waals surface area contributed by atoms with Gasteiger partial charge in [0.25, 0.3) is 6.71 Å². The van der Waals surface area contributed by atoms with Crippen LogP contribution in [0.5, 0.6) is 0 Å².